The largest absolute Gasteiger partial charge is 0.496 e. The summed E-state index contributed by atoms with van der Waals surface area (Å²) in [4.78, 5) is 17.9. The van der Waals surface area contributed by atoms with Gasteiger partial charge in [-0.15, -0.1) is 0 Å². The first-order chi connectivity index (χ1) is 10.6. The average molecular weight is 317 g/mol. The molecule has 0 fully saturated rings. The van der Waals surface area contributed by atoms with Crippen LogP contribution >= 0.6 is 11.6 Å². The zero-order chi connectivity index (χ0) is 15.9. The third kappa shape index (κ3) is 4.33. The van der Waals surface area contributed by atoms with E-state index in [0.717, 1.165) is 11.3 Å². The van der Waals surface area contributed by atoms with Crippen molar-refractivity contribution in [1.82, 2.24) is 9.88 Å². The van der Waals surface area contributed by atoms with Crippen LogP contribution in [0.15, 0.2) is 48.7 Å². The number of hydrogen-bond acceptors (Lipinski definition) is 3. The summed E-state index contributed by atoms with van der Waals surface area (Å²) in [7, 11) is 3.32. The molecule has 0 aliphatic rings. The Morgan fingerprint density at radius 1 is 1.36 bits per heavy atom. The molecule has 1 amide bonds. The van der Waals surface area contributed by atoms with Gasteiger partial charge in [-0.25, -0.2) is 0 Å². The number of likely N-dealkylation sites (N-methyl/N-ethyl adjacent to an activating group) is 1. The number of nitrogens with zero attached hydrogens (tertiary/aromatic N) is 2. The quantitative estimate of drug-likeness (QED) is 0.794. The number of rotatable bonds is 5. The summed E-state index contributed by atoms with van der Waals surface area (Å²) in [5, 5.41) is 0.612. The molecular formula is C17H17ClN2O2. The van der Waals surface area contributed by atoms with Crippen molar-refractivity contribution >= 4 is 23.6 Å². The van der Waals surface area contributed by atoms with Gasteiger partial charge in [-0.05, 0) is 36.4 Å². The molecule has 0 atom stereocenters. The molecule has 1 aromatic heterocycles. The van der Waals surface area contributed by atoms with Gasteiger partial charge in [0.25, 0.3) is 0 Å². The van der Waals surface area contributed by atoms with Gasteiger partial charge in [-0.3, -0.25) is 9.78 Å². The highest BCUT2D eigenvalue weighted by molar-refractivity contribution is 6.30. The second kappa shape index (κ2) is 7.61. The molecule has 0 N–H and O–H groups in total. The topological polar surface area (TPSA) is 42.4 Å². The number of pyridine rings is 1. The number of hydrogen-bond donors (Lipinski definition) is 0. The van der Waals surface area contributed by atoms with E-state index in [9.17, 15) is 4.79 Å². The van der Waals surface area contributed by atoms with Gasteiger partial charge in [0.1, 0.15) is 5.75 Å². The maximum absolute atomic E-state index is 12.1. The smallest absolute Gasteiger partial charge is 0.246 e. The van der Waals surface area contributed by atoms with Gasteiger partial charge in [0.05, 0.1) is 12.8 Å². The zero-order valence-corrected chi connectivity index (χ0v) is 13.2. The maximum atomic E-state index is 12.1. The minimum Gasteiger partial charge on any atom is -0.496 e. The normalized spacial score (nSPS) is 10.7. The number of methoxy groups -OCH3 is 1. The van der Waals surface area contributed by atoms with Crippen LogP contribution in [0.3, 0.4) is 0 Å². The van der Waals surface area contributed by atoms with E-state index in [2.05, 4.69) is 4.98 Å². The number of aromatic nitrogens is 1. The van der Waals surface area contributed by atoms with Gasteiger partial charge >= 0.3 is 0 Å². The van der Waals surface area contributed by atoms with Gasteiger partial charge < -0.3 is 9.64 Å². The van der Waals surface area contributed by atoms with Crippen molar-refractivity contribution in [3.8, 4) is 5.75 Å². The number of ether oxygens (including phenoxy) is 1. The Morgan fingerprint density at radius 2 is 2.18 bits per heavy atom. The van der Waals surface area contributed by atoms with Crippen LogP contribution in [0.5, 0.6) is 5.75 Å². The lowest BCUT2D eigenvalue weighted by Gasteiger charge is -2.17. The van der Waals surface area contributed by atoms with Crippen LogP contribution in [0.25, 0.3) is 6.08 Å². The van der Waals surface area contributed by atoms with E-state index in [1.54, 1.807) is 49.5 Å². The molecule has 2 rings (SSSR count). The zero-order valence-electron chi connectivity index (χ0n) is 12.5. The first-order valence-corrected chi connectivity index (χ1v) is 7.14. The Kier molecular flexibility index (Phi) is 5.55. The summed E-state index contributed by atoms with van der Waals surface area (Å²) in [5.41, 5.74) is 1.60. The predicted octanol–water partition coefficient (Wildman–Crippen LogP) is 3.42. The highest BCUT2D eigenvalue weighted by Gasteiger charge is 2.10. The molecule has 4 nitrogen and oxygen atoms in total. The maximum Gasteiger partial charge on any atom is 0.246 e. The molecule has 0 saturated heterocycles. The Bertz CT molecular complexity index is 672. The van der Waals surface area contributed by atoms with Crippen molar-refractivity contribution in [2.45, 2.75) is 6.54 Å². The SMILES string of the molecule is COc1ccc(Cl)cc1CN(C)C(=O)C=Cc1ccccn1. The number of carbonyl (C=O) groups excluding carboxylic acids is 1. The monoisotopic (exact) mass is 316 g/mol. The van der Waals surface area contributed by atoms with Crippen LogP contribution in [-0.2, 0) is 11.3 Å². The summed E-state index contributed by atoms with van der Waals surface area (Å²) in [6.45, 7) is 0.412. The molecule has 114 valence electrons. The molecule has 0 bridgehead atoms. The highest BCUT2D eigenvalue weighted by Crippen LogP contribution is 2.23. The second-order valence-electron chi connectivity index (χ2n) is 4.74. The number of carbonyl (C=O) groups is 1. The van der Waals surface area contributed by atoms with Crippen LogP contribution in [0.2, 0.25) is 5.02 Å². The van der Waals surface area contributed by atoms with Crippen molar-refractivity contribution in [3.63, 3.8) is 0 Å². The van der Waals surface area contributed by atoms with E-state index in [-0.39, 0.29) is 5.91 Å². The van der Waals surface area contributed by atoms with E-state index < -0.39 is 0 Å². The first kappa shape index (κ1) is 16.0. The predicted molar refractivity (Wildman–Crippen MR) is 87.7 cm³/mol. The van der Waals surface area contributed by atoms with Gasteiger partial charge in [0, 0.05) is 36.5 Å². The minimum atomic E-state index is -0.118. The molecule has 0 unspecified atom stereocenters. The van der Waals surface area contributed by atoms with E-state index in [1.807, 2.05) is 18.2 Å². The molecule has 1 heterocycles. The van der Waals surface area contributed by atoms with Gasteiger partial charge in [-0.1, -0.05) is 17.7 Å². The van der Waals surface area contributed by atoms with Gasteiger partial charge in [-0.2, -0.15) is 0 Å². The summed E-state index contributed by atoms with van der Waals surface area (Å²) in [6.07, 6.45) is 4.87. The summed E-state index contributed by atoms with van der Waals surface area (Å²) in [5.74, 6) is 0.588. The summed E-state index contributed by atoms with van der Waals surface area (Å²) in [6, 6.07) is 10.9. The number of benzene rings is 1. The van der Waals surface area contributed by atoms with Crippen LogP contribution in [-0.4, -0.2) is 29.9 Å². The average Bonchev–Trinajstić information content (AvgIpc) is 2.53. The molecule has 0 aliphatic heterocycles. The van der Waals surface area contributed by atoms with E-state index in [1.165, 1.54) is 6.08 Å². The molecular weight excluding hydrogens is 300 g/mol. The molecule has 2 aromatic rings. The van der Waals surface area contributed by atoms with Gasteiger partial charge in [0.15, 0.2) is 0 Å². The standard InChI is InChI=1S/C17H17ClN2O2/c1-20(12-13-11-14(18)6-8-16(13)22-2)17(21)9-7-15-5-3-4-10-19-15/h3-11H,12H2,1-2H3. The molecule has 0 aliphatic carbocycles. The van der Waals surface area contributed by atoms with Crippen molar-refractivity contribution in [3.05, 3.63) is 65.0 Å². The van der Waals surface area contributed by atoms with E-state index >= 15 is 0 Å². The van der Waals surface area contributed by atoms with Crippen LogP contribution in [0.4, 0.5) is 0 Å². The van der Waals surface area contributed by atoms with Crippen LogP contribution in [0, 0.1) is 0 Å². The Balaban J connectivity index is 2.05. The van der Waals surface area contributed by atoms with Crippen LogP contribution in [0.1, 0.15) is 11.3 Å². The van der Waals surface area contributed by atoms with Crippen molar-refractivity contribution in [1.29, 1.82) is 0 Å². The fraction of sp³-hybridized carbons (Fsp3) is 0.176. The third-order valence-corrected chi connectivity index (χ3v) is 3.35. The Labute approximate surface area is 135 Å². The van der Waals surface area contributed by atoms with Crippen molar-refractivity contribution in [2.75, 3.05) is 14.2 Å². The summed E-state index contributed by atoms with van der Waals surface area (Å²) < 4.78 is 5.29. The Morgan fingerprint density at radius 3 is 2.86 bits per heavy atom. The second-order valence-corrected chi connectivity index (χ2v) is 5.17. The van der Waals surface area contributed by atoms with E-state index in [4.69, 9.17) is 16.3 Å². The molecule has 0 radical (unpaired) electrons. The Hall–Kier alpha value is -2.33. The third-order valence-electron chi connectivity index (χ3n) is 3.11. The molecule has 1 aromatic carbocycles. The number of amides is 1. The molecule has 22 heavy (non-hydrogen) atoms. The minimum absolute atomic E-state index is 0.118. The van der Waals surface area contributed by atoms with Gasteiger partial charge in [0.2, 0.25) is 5.91 Å². The first-order valence-electron chi connectivity index (χ1n) is 6.77. The lowest BCUT2D eigenvalue weighted by atomic mass is 10.2. The fourth-order valence-electron chi connectivity index (χ4n) is 1.96. The molecule has 0 spiro atoms. The van der Waals surface area contributed by atoms with Crippen molar-refractivity contribution < 1.29 is 9.53 Å². The number of halogens is 1. The molecule has 0 saturated carbocycles. The lowest BCUT2D eigenvalue weighted by Crippen LogP contribution is -2.24. The van der Waals surface area contributed by atoms with E-state index in [0.29, 0.717) is 17.3 Å². The fourth-order valence-corrected chi connectivity index (χ4v) is 2.16. The lowest BCUT2D eigenvalue weighted by molar-refractivity contribution is -0.125. The van der Waals surface area contributed by atoms with Crippen LogP contribution < -0.4 is 4.74 Å². The molecule has 5 heteroatoms. The summed E-state index contributed by atoms with van der Waals surface area (Å²) >= 11 is 6.00. The highest BCUT2D eigenvalue weighted by atomic mass is 35.5. The van der Waals surface area contributed by atoms with Crippen molar-refractivity contribution in [2.24, 2.45) is 0 Å².